The predicted molar refractivity (Wildman–Crippen MR) is 131 cm³/mol. The highest BCUT2D eigenvalue weighted by molar-refractivity contribution is 6.30. The molecule has 34 heavy (non-hydrogen) atoms. The number of esters is 1. The van der Waals surface area contributed by atoms with Crippen molar-refractivity contribution in [3.63, 3.8) is 0 Å². The number of ether oxygens (including phenoxy) is 3. The second kappa shape index (κ2) is 11.0. The van der Waals surface area contributed by atoms with Crippen LogP contribution in [0, 0.1) is 0 Å². The van der Waals surface area contributed by atoms with Gasteiger partial charge in [0.05, 0.1) is 43.3 Å². The molecule has 0 spiro atoms. The largest absolute Gasteiger partial charge is 0.491 e. The van der Waals surface area contributed by atoms with E-state index in [9.17, 15) is 9.59 Å². The van der Waals surface area contributed by atoms with Crippen molar-refractivity contribution in [2.45, 2.75) is 6.54 Å². The van der Waals surface area contributed by atoms with Crippen molar-refractivity contribution in [1.82, 2.24) is 9.55 Å². The Hall–Kier alpha value is -3.68. The number of nitrogens with zero attached hydrogens (tertiary/aromatic N) is 2. The minimum atomic E-state index is -0.397. The van der Waals surface area contributed by atoms with Gasteiger partial charge in [-0.1, -0.05) is 23.7 Å². The molecule has 1 aromatic heterocycles. The fourth-order valence-corrected chi connectivity index (χ4v) is 3.60. The Bertz CT molecular complexity index is 1330. The molecule has 0 aliphatic rings. The van der Waals surface area contributed by atoms with Crippen molar-refractivity contribution >= 4 is 28.5 Å². The van der Waals surface area contributed by atoms with Gasteiger partial charge < -0.3 is 14.2 Å². The van der Waals surface area contributed by atoms with Crippen LogP contribution in [-0.4, -0.2) is 42.5 Å². The molecule has 7 nitrogen and oxygen atoms in total. The van der Waals surface area contributed by atoms with E-state index in [-0.39, 0.29) is 5.56 Å². The molecule has 0 fully saturated rings. The third-order valence-electron chi connectivity index (χ3n) is 5.20. The molecule has 0 N–H and O–H groups in total. The van der Waals surface area contributed by atoms with Gasteiger partial charge in [-0.25, -0.2) is 9.78 Å². The number of para-hydroxylation sites is 1. The molecule has 0 unspecified atom stereocenters. The summed E-state index contributed by atoms with van der Waals surface area (Å²) in [4.78, 5) is 29.4. The summed E-state index contributed by atoms with van der Waals surface area (Å²) in [5.74, 6) is 0.786. The lowest BCUT2D eigenvalue weighted by Gasteiger charge is -2.14. The first-order valence-corrected chi connectivity index (χ1v) is 11.1. The van der Waals surface area contributed by atoms with Crippen LogP contribution in [0.3, 0.4) is 0 Å². The zero-order valence-electron chi connectivity index (χ0n) is 18.6. The van der Waals surface area contributed by atoms with Gasteiger partial charge in [0.2, 0.25) is 0 Å². The summed E-state index contributed by atoms with van der Waals surface area (Å²) in [6.45, 7) is 1.31. The fraction of sp³-hybridized carbons (Fsp3) is 0.192. The Balaban J connectivity index is 1.39. The van der Waals surface area contributed by atoms with Crippen LogP contribution < -0.4 is 10.3 Å². The Morgan fingerprint density at radius 1 is 0.941 bits per heavy atom. The van der Waals surface area contributed by atoms with Gasteiger partial charge in [-0.3, -0.25) is 9.36 Å². The van der Waals surface area contributed by atoms with E-state index in [1.165, 1.54) is 7.11 Å². The van der Waals surface area contributed by atoms with Gasteiger partial charge in [-0.05, 0) is 60.7 Å². The molecular weight excluding hydrogens is 456 g/mol. The third kappa shape index (κ3) is 5.44. The van der Waals surface area contributed by atoms with E-state index in [0.29, 0.717) is 59.4 Å². The molecule has 4 rings (SSSR count). The van der Waals surface area contributed by atoms with Crippen LogP contribution in [0.1, 0.15) is 10.4 Å². The van der Waals surface area contributed by atoms with E-state index in [0.717, 1.165) is 5.56 Å². The van der Waals surface area contributed by atoms with Crippen LogP contribution in [0.25, 0.3) is 22.3 Å². The normalized spacial score (nSPS) is 10.9. The lowest BCUT2D eigenvalue weighted by atomic mass is 10.2. The standard InChI is InChI=1S/C26H23ClN2O5/c1-32-26(31)19-8-12-21(13-9-19)34-17-16-33-15-14-29-24(18-6-10-20(27)11-7-18)28-23-5-3-2-4-22(23)25(29)30/h2-13H,14-17H2,1H3. The molecule has 0 aliphatic heterocycles. The SMILES string of the molecule is COC(=O)c1ccc(OCCOCCn2c(-c3ccc(Cl)cc3)nc3ccccc3c2=O)cc1. The van der Waals surface area contributed by atoms with Gasteiger partial charge in [0.25, 0.3) is 5.56 Å². The van der Waals surface area contributed by atoms with Crippen molar-refractivity contribution in [2.24, 2.45) is 0 Å². The quantitative estimate of drug-likeness (QED) is 0.258. The average molecular weight is 479 g/mol. The highest BCUT2D eigenvalue weighted by Crippen LogP contribution is 2.21. The summed E-state index contributed by atoms with van der Waals surface area (Å²) in [5, 5.41) is 1.17. The lowest BCUT2D eigenvalue weighted by molar-refractivity contribution is 0.0600. The Kier molecular flexibility index (Phi) is 7.57. The summed E-state index contributed by atoms with van der Waals surface area (Å²) >= 11 is 6.03. The first-order chi connectivity index (χ1) is 16.6. The van der Waals surface area contributed by atoms with Crippen LogP contribution >= 0.6 is 11.6 Å². The fourth-order valence-electron chi connectivity index (χ4n) is 3.48. The highest BCUT2D eigenvalue weighted by atomic mass is 35.5. The van der Waals surface area contributed by atoms with Crippen LogP contribution in [0.4, 0.5) is 0 Å². The molecule has 0 radical (unpaired) electrons. The molecule has 4 aromatic rings. The minimum Gasteiger partial charge on any atom is -0.491 e. The van der Waals surface area contributed by atoms with Gasteiger partial charge in [-0.2, -0.15) is 0 Å². The molecule has 0 amide bonds. The van der Waals surface area contributed by atoms with Crippen LogP contribution in [-0.2, 0) is 16.0 Å². The zero-order chi connectivity index (χ0) is 23.9. The Morgan fingerprint density at radius 3 is 2.41 bits per heavy atom. The van der Waals surface area contributed by atoms with E-state index >= 15 is 0 Å². The first kappa shape index (κ1) is 23.5. The number of fused-ring (bicyclic) bond motifs is 1. The summed E-state index contributed by atoms with van der Waals surface area (Å²) in [7, 11) is 1.34. The van der Waals surface area contributed by atoms with Gasteiger partial charge in [-0.15, -0.1) is 0 Å². The summed E-state index contributed by atoms with van der Waals surface area (Å²) in [6.07, 6.45) is 0. The smallest absolute Gasteiger partial charge is 0.337 e. The predicted octanol–water partition coefficient (Wildman–Crippen LogP) is 4.60. The molecule has 0 saturated carbocycles. The molecule has 1 heterocycles. The summed E-state index contributed by atoms with van der Waals surface area (Å²) in [5.41, 5.74) is 1.77. The van der Waals surface area contributed by atoms with Gasteiger partial charge in [0, 0.05) is 10.6 Å². The number of hydrogen-bond donors (Lipinski definition) is 0. The Morgan fingerprint density at radius 2 is 1.68 bits per heavy atom. The second-order valence-electron chi connectivity index (χ2n) is 7.39. The number of halogens is 1. The van der Waals surface area contributed by atoms with Crippen LogP contribution in [0.15, 0.2) is 77.6 Å². The number of carbonyl (C=O) groups is 1. The highest BCUT2D eigenvalue weighted by Gasteiger charge is 2.13. The maximum absolute atomic E-state index is 13.2. The second-order valence-corrected chi connectivity index (χ2v) is 7.83. The molecule has 0 aliphatic carbocycles. The maximum atomic E-state index is 13.2. The molecular formula is C26H23ClN2O5. The molecule has 3 aromatic carbocycles. The topological polar surface area (TPSA) is 79.7 Å². The summed E-state index contributed by atoms with van der Waals surface area (Å²) < 4.78 is 17.7. The minimum absolute atomic E-state index is 0.124. The zero-order valence-corrected chi connectivity index (χ0v) is 19.3. The van der Waals surface area contributed by atoms with Crippen LogP contribution in [0.2, 0.25) is 5.02 Å². The number of carbonyl (C=O) groups excluding carboxylic acids is 1. The number of rotatable bonds is 9. The maximum Gasteiger partial charge on any atom is 0.337 e. The molecule has 0 bridgehead atoms. The van der Waals surface area contributed by atoms with Gasteiger partial charge in [0.1, 0.15) is 18.2 Å². The van der Waals surface area contributed by atoms with E-state index in [1.807, 2.05) is 30.3 Å². The number of aromatic nitrogens is 2. The average Bonchev–Trinajstić information content (AvgIpc) is 2.87. The van der Waals surface area contributed by atoms with Crippen molar-refractivity contribution in [1.29, 1.82) is 0 Å². The van der Waals surface area contributed by atoms with Crippen LogP contribution in [0.5, 0.6) is 5.75 Å². The molecule has 0 saturated heterocycles. The van der Waals surface area contributed by atoms with E-state index in [4.69, 9.17) is 26.1 Å². The number of benzene rings is 3. The number of hydrogen-bond acceptors (Lipinski definition) is 6. The first-order valence-electron chi connectivity index (χ1n) is 10.7. The van der Waals surface area contributed by atoms with E-state index in [1.54, 1.807) is 47.0 Å². The molecule has 174 valence electrons. The lowest BCUT2D eigenvalue weighted by Crippen LogP contribution is -2.26. The van der Waals surface area contributed by atoms with E-state index in [2.05, 4.69) is 4.74 Å². The summed E-state index contributed by atoms with van der Waals surface area (Å²) in [6, 6.07) is 21.2. The molecule has 0 atom stereocenters. The third-order valence-corrected chi connectivity index (χ3v) is 5.45. The van der Waals surface area contributed by atoms with Crippen molar-refractivity contribution in [2.75, 3.05) is 26.9 Å². The monoisotopic (exact) mass is 478 g/mol. The van der Waals surface area contributed by atoms with Crippen molar-refractivity contribution in [3.8, 4) is 17.1 Å². The van der Waals surface area contributed by atoms with Crippen molar-refractivity contribution in [3.05, 3.63) is 93.7 Å². The number of methoxy groups -OCH3 is 1. The van der Waals surface area contributed by atoms with Gasteiger partial charge in [0.15, 0.2) is 0 Å². The van der Waals surface area contributed by atoms with E-state index < -0.39 is 5.97 Å². The van der Waals surface area contributed by atoms with Gasteiger partial charge >= 0.3 is 5.97 Å². The van der Waals surface area contributed by atoms with Crippen molar-refractivity contribution < 1.29 is 19.0 Å². The molecule has 8 heteroatoms. The Labute approximate surface area is 201 Å².